The molecule has 144 valence electrons. The van der Waals surface area contributed by atoms with Crippen LogP contribution in [0.15, 0.2) is 60.7 Å². The minimum absolute atomic E-state index is 0.600. The maximum atomic E-state index is 5.33. The molecule has 1 fully saturated rings. The predicted molar refractivity (Wildman–Crippen MR) is 114 cm³/mol. The second-order valence-electron chi connectivity index (χ2n) is 7.33. The van der Waals surface area contributed by atoms with Crippen LogP contribution < -0.4 is 15.0 Å². The quantitative estimate of drug-likeness (QED) is 0.671. The number of piperidine rings is 1. The third-order valence-electron chi connectivity index (χ3n) is 5.22. The van der Waals surface area contributed by atoms with Crippen molar-refractivity contribution in [1.29, 1.82) is 0 Å². The summed E-state index contributed by atoms with van der Waals surface area (Å²) in [6, 6.07) is 20.2. The van der Waals surface area contributed by atoms with Crippen LogP contribution in [0.5, 0.6) is 5.75 Å². The summed E-state index contributed by atoms with van der Waals surface area (Å²) in [7, 11) is 1.67. The Morgan fingerprint density at radius 2 is 1.75 bits per heavy atom. The lowest BCUT2D eigenvalue weighted by Crippen LogP contribution is -2.33. The largest absolute Gasteiger partial charge is 0.497 e. The van der Waals surface area contributed by atoms with Gasteiger partial charge in [0.05, 0.1) is 12.8 Å². The third kappa shape index (κ3) is 4.25. The molecule has 0 bridgehead atoms. The zero-order valence-electron chi connectivity index (χ0n) is 16.4. The first kappa shape index (κ1) is 18.3. The van der Waals surface area contributed by atoms with Crippen LogP contribution in [0.1, 0.15) is 19.8 Å². The molecule has 0 amide bonds. The summed E-state index contributed by atoms with van der Waals surface area (Å²) in [5.41, 5.74) is 2.92. The Kier molecular flexibility index (Phi) is 5.42. The van der Waals surface area contributed by atoms with Gasteiger partial charge in [-0.15, -0.1) is 0 Å². The minimum atomic E-state index is 0.600. The Morgan fingerprint density at radius 3 is 2.50 bits per heavy atom. The number of hydrogen-bond donors (Lipinski definition) is 1. The lowest BCUT2D eigenvalue weighted by molar-refractivity contribution is 0.415. The van der Waals surface area contributed by atoms with Gasteiger partial charge in [0.25, 0.3) is 0 Å². The summed E-state index contributed by atoms with van der Waals surface area (Å²) in [5.74, 6) is 3.16. The van der Waals surface area contributed by atoms with Gasteiger partial charge in [0.15, 0.2) is 0 Å². The minimum Gasteiger partial charge on any atom is -0.497 e. The van der Waals surface area contributed by atoms with Gasteiger partial charge in [0, 0.05) is 36.5 Å². The molecule has 0 aliphatic carbocycles. The van der Waals surface area contributed by atoms with Crippen LogP contribution in [0.4, 0.5) is 17.5 Å². The molecular weight excluding hydrogens is 348 g/mol. The van der Waals surface area contributed by atoms with Crippen LogP contribution >= 0.6 is 0 Å². The number of methoxy groups -OCH3 is 1. The van der Waals surface area contributed by atoms with Crippen LogP contribution in [0.2, 0.25) is 0 Å². The van der Waals surface area contributed by atoms with Crippen LogP contribution in [0.3, 0.4) is 0 Å². The molecule has 3 aromatic rings. The second kappa shape index (κ2) is 8.30. The van der Waals surface area contributed by atoms with Crippen molar-refractivity contribution in [2.75, 3.05) is 30.4 Å². The number of hydrogen-bond acceptors (Lipinski definition) is 5. The highest BCUT2D eigenvalue weighted by molar-refractivity contribution is 5.67. The van der Waals surface area contributed by atoms with E-state index in [2.05, 4.69) is 35.3 Å². The number of nitrogens with zero attached hydrogens (tertiary/aromatic N) is 3. The fraction of sp³-hybridized carbons (Fsp3) is 0.304. The van der Waals surface area contributed by atoms with Gasteiger partial charge in [-0.1, -0.05) is 43.3 Å². The fourth-order valence-corrected chi connectivity index (χ4v) is 3.48. The standard InChI is InChI=1S/C23H26N4O/c1-17-11-13-27(14-12-17)22-16-21(18-7-4-3-5-8-18)25-23(26-22)24-19-9-6-10-20(15-19)28-2/h3-10,15-17H,11-14H2,1-2H3,(H,24,25,26). The highest BCUT2D eigenvalue weighted by Gasteiger charge is 2.19. The maximum Gasteiger partial charge on any atom is 0.229 e. The number of anilines is 3. The molecule has 0 saturated carbocycles. The first-order chi connectivity index (χ1) is 13.7. The number of ether oxygens (including phenoxy) is 1. The summed E-state index contributed by atoms with van der Waals surface area (Å²) in [4.78, 5) is 12.0. The molecule has 1 aliphatic heterocycles. The Hall–Kier alpha value is -3.08. The van der Waals surface area contributed by atoms with Crippen molar-refractivity contribution in [2.24, 2.45) is 5.92 Å². The lowest BCUT2D eigenvalue weighted by Gasteiger charge is -2.31. The number of benzene rings is 2. The van der Waals surface area contributed by atoms with Gasteiger partial charge in [-0.3, -0.25) is 0 Å². The number of aromatic nitrogens is 2. The molecule has 5 nitrogen and oxygen atoms in total. The first-order valence-electron chi connectivity index (χ1n) is 9.82. The lowest BCUT2D eigenvalue weighted by atomic mass is 9.99. The average molecular weight is 374 g/mol. The molecule has 2 aromatic carbocycles. The Bertz CT molecular complexity index is 921. The second-order valence-corrected chi connectivity index (χ2v) is 7.33. The molecule has 5 heteroatoms. The third-order valence-corrected chi connectivity index (χ3v) is 5.22. The molecule has 2 heterocycles. The van der Waals surface area contributed by atoms with Crippen molar-refractivity contribution in [3.05, 3.63) is 60.7 Å². The van der Waals surface area contributed by atoms with E-state index >= 15 is 0 Å². The Labute approximate surface area is 166 Å². The van der Waals surface area contributed by atoms with E-state index < -0.39 is 0 Å². The highest BCUT2D eigenvalue weighted by atomic mass is 16.5. The molecule has 0 spiro atoms. The van der Waals surface area contributed by atoms with Crippen LogP contribution in [0.25, 0.3) is 11.3 Å². The molecule has 28 heavy (non-hydrogen) atoms. The highest BCUT2D eigenvalue weighted by Crippen LogP contribution is 2.28. The van der Waals surface area contributed by atoms with Crippen molar-refractivity contribution in [2.45, 2.75) is 19.8 Å². The monoisotopic (exact) mass is 374 g/mol. The average Bonchev–Trinajstić information content (AvgIpc) is 2.75. The van der Waals surface area contributed by atoms with Crippen LogP contribution in [-0.2, 0) is 0 Å². The SMILES string of the molecule is COc1cccc(Nc2nc(-c3ccccc3)cc(N3CCC(C)CC3)n2)c1. The van der Waals surface area contributed by atoms with E-state index in [1.807, 2.05) is 42.5 Å². The van der Waals surface area contributed by atoms with Crippen molar-refractivity contribution in [1.82, 2.24) is 9.97 Å². The van der Waals surface area contributed by atoms with Gasteiger partial charge in [-0.2, -0.15) is 4.98 Å². The molecule has 0 unspecified atom stereocenters. The van der Waals surface area contributed by atoms with Crippen molar-refractivity contribution in [3.8, 4) is 17.0 Å². The van der Waals surface area contributed by atoms with Gasteiger partial charge in [-0.25, -0.2) is 4.98 Å². The molecule has 4 rings (SSSR count). The van der Waals surface area contributed by atoms with Crippen molar-refractivity contribution in [3.63, 3.8) is 0 Å². The normalized spacial score (nSPS) is 14.7. The summed E-state index contributed by atoms with van der Waals surface area (Å²) >= 11 is 0. The van der Waals surface area contributed by atoms with Crippen molar-refractivity contribution < 1.29 is 4.74 Å². The number of nitrogens with one attached hydrogen (secondary N) is 1. The van der Waals surface area contributed by atoms with Gasteiger partial charge < -0.3 is 15.0 Å². The Morgan fingerprint density at radius 1 is 0.964 bits per heavy atom. The van der Waals surface area contributed by atoms with E-state index in [0.717, 1.165) is 47.5 Å². The van der Waals surface area contributed by atoms with Gasteiger partial charge in [-0.05, 0) is 30.9 Å². The molecule has 1 aliphatic rings. The van der Waals surface area contributed by atoms with Crippen molar-refractivity contribution >= 4 is 17.5 Å². The van der Waals surface area contributed by atoms with E-state index in [9.17, 15) is 0 Å². The molecular formula is C23H26N4O. The fourth-order valence-electron chi connectivity index (χ4n) is 3.48. The maximum absolute atomic E-state index is 5.33. The summed E-state index contributed by atoms with van der Waals surface area (Å²) in [6.07, 6.45) is 2.40. The summed E-state index contributed by atoms with van der Waals surface area (Å²) in [5, 5.41) is 3.35. The molecule has 1 saturated heterocycles. The molecule has 0 radical (unpaired) electrons. The molecule has 0 atom stereocenters. The molecule has 1 N–H and O–H groups in total. The van der Waals surface area contributed by atoms with E-state index in [0.29, 0.717) is 5.95 Å². The smallest absolute Gasteiger partial charge is 0.229 e. The van der Waals surface area contributed by atoms with E-state index in [1.165, 1.54) is 12.8 Å². The Balaban J connectivity index is 1.69. The van der Waals surface area contributed by atoms with Gasteiger partial charge in [0.1, 0.15) is 11.6 Å². The summed E-state index contributed by atoms with van der Waals surface area (Å²) < 4.78 is 5.33. The van der Waals surface area contributed by atoms with E-state index in [4.69, 9.17) is 14.7 Å². The van der Waals surface area contributed by atoms with Crippen LogP contribution in [0, 0.1) is 5.92 Å². The van der Waals surface area contributed by atoms with Gasteiger partial charge >= 0.3 is 0 Å². The topological polar surface area (TPSA) is 50.3 Å². The number of rotatable bonds is 5. The van der Waals surface area contributed by atoms with Gasteiger partial charge in [0.2, 0.25) is 5.95 Å². The molecule has 1 aromatic heterocycles. The summed E-state index contributed by atoms with van der Waals surface area (Å²) in [6.45, 7) is 4.39. The van der Waals surface area contributed by atoms with E-state index in [1.54, 1.807) is 7.11 Å². The van der Waals surface area contributed by atoms with Crippen LogP contribution in [-0.4, -0.2) is 30.2 Å². The zero-order chi connectivity index (χ0) is 19.3. The first-order valence-corrected chi connectivity index (χ1v) is 9.82. The predicted octanol–water partition coefficient (Wildman–Crippen LogP) is 5.13. The van der Waals surface area contributed by atoms with E-state index in [-0.39, 0.29) is 0 Å². The zero-order valence-corrected chi connectivity index (χ0v) is 16.4.